The summed E-state index contributed by atoms with van der Waals surface area (Å²) in [5.41, 5.74) is 17.1. The second-order valence-corrected chi connectivity index (χ2v) is 20.0. The Labute approximate surface area is 442 Å². The van der Waals surface area contributed by atoms with Crippen molar-refractivity contribution in [3.05, 3.63) is 279 Å². The molecule has 5 heteroatoms. The van der Waals surface area contributed by atoms with Gasteiger partial charge in [0.25, 0.3) is 0 Å². The monoisotopic (exact) mass is 982 g/mol. The summed E-state index contributed by atoms with van der Waals surface area (Å²) in [6.45, 7) is 0. The van der Waals surface area contributed by atoms with Gasteiger partial charge in [-0.15, -0.1) is 0 Å². The van der Waals surface area contributed by atoms with Gasteiger partial charge in [-0.25, -0.2) is 0 Å². The Bertz CT molecular complexity index is 5060. The summed E-state index contributed by atoms with van der Waals surface area (Å²) in [5.74, 6) is 0. The van der Waals surface area contributed by atoms with Crippen LogP contribution in [0.5, 0.6) is 0 Å². The first-order chi connectivity index (χ1) is 38.2. The van der Waals surface area contributed by atoms with Crippen molar-refractivity contribution >= 4 is 109 Å². The first-order valence-electron chi connectivity index (χ1n) is 26.3. The molecule has 0 aliphatic heterocycles. The Morgan fingerprint density at radius 3 is 0.961 bits per heavy atom. The van der Waals surface area contributed by atoms with Gasteiger partial charge in [-0.1, -0.05) is 170 Å². The maximum atomic E-state index is 6.79. The molecule has 0 fully saturated rings. The molecule has 360 valence electrons. The van der Waals surface area contributed by atoms with Gasteiger partial charge in [0.15, 0.2) is 0 Å². The molecule has 16 aromatic rings. The van der Waals surface area contributed by atoms with Crippen LogP contribution in [-0.2, 0) is 0 Å². The van der Waals surface area contributed by atoms with Gasteiger partial charge in [0, 0.05) is 39.1 Å². The number of benzene rings is 12. The van der Waals surface area contributed by atoms with Gasteiger partial charge in [-0.05, 0) is 158 Å². The van der Waals surface area contributed by atoms with Gasteiger partial charge in [-0.2, -0.15) is 0 Å². The number of hydrogen-bond donors (Lipinski definition) is 0. The minimum Gasteiger partial charge on any atom is -0.455 e. The standard InChI is InChI=1S/C72H46N4O/c1-5-22-48(23-6-1)73-63-35-16-17-36-64(63)75(50-26-9-3-10-27-50)69-45-61-55-41-40-47(52-33-21-34-57-56-32-15-20-39-71(56)77-72(52)57)42-58(55)62-46-70-68(44-60(62)54-31-14-13-30-53(54)59(61)43-67(69)73)74(49-24-7-2-8-25-49)65-37-18-19-38-66(65)76(70)51-28-11-4-12-29-51/h1-46H. The van der Waals surface area contributed by atoms with E-state index in [0.717, 1.165) is 143 Å². The highest BCUT2D eigenvalue weighted by molar-refractivity contribution is 6.29. The SMILES string of the molecule is c1ccc(-n2c3ccccc3n(-c3ccccc3)c3cc4c5ccc(-c6cccc7c6oc6ccccc67)cc5c5cc6c(cc5c5ccccc5c4cc32)n(-c2ccccc2)c2ccccc2n6-c2ccccc2)cc1. The number of aromatic nitrogens is 4. The lowest BCUT2D eigenvalue weighted by Crippen LogP contribution is -2.08. The molecule has 77 heavy (non-hydrogen) atoms. The predicted molar refractivity (Wildman–Crippen MR) is 323 cm³/mol. The van der Waals surface area contributed by atoms with Gasteiger partial charge < -0.3 is 22.7 Å². The van der Waals surface area contributed by atoms with Crippen molar-refractivity contribution in [2.45, 2.75) is 0 Å². The lowest BCUT2D eigenvalue weighted by molar-refractivity contribution is 0.670. The molecule has 0 N–H and O–H groups in total. The molecule has 0 saturated heterocycles. The lowest BCUT2D eigenvalue weighted by atomic mass is 9.91. The van der Waals surface area contributed by atoms with Crippen LogP contribution in [-0.4, -0.2) is 18.3 Å². The highest BCUT2D eigenvalue weighted by Gasteiger charge is 2.21. The number of para-hydroxylation sites is 10. The highest BCUT2D eigenvalue weighted by atomic mass is 16.3. The van der Waals surface area contributed by atoms with Gasteiger partial charge in [0.1, 0.15) is 11.2 Å². The predicted octanol–water partition coefficient (Wildman–Crippen LogP) is 19.3. The maximum Gasteiger partial charge on any atom is 0.143 e. The minimum absolute atomic E-state index is 0.881. The number of rotatable bonds is 5. The van der Waals surface area contributed by atoms with Crippen molar-refractivity contribution in [3.63, 3.8) is 0 Å². The molecule has 3 aromatic heterocycles. The molecule has 13 aromatic carbocycles. The largest absolute Gasteiger partial charge is 0.455 e. The molecule has 0 aliphatic carbocycles. The van der Waals surface area contributed by atoms with Gasteiger partial charge in [0.05, 0.1) is 44.1 Å². The van der Waals surface area contributed by atoms with Crippen LogP contribution in [0.25, 0.3) is 143 Å². The number of hydrogen-bond acceptors (Lipinski definition) is 1. The summed E-state index contributed by atoms with van der Waals surface area (Å²) < 4.78 is 16.6. The van der Waals surface area contributed by atoms with Crippen LogP contribution in [0.4, 0.5) is 0 Å². The Hall–Kier alpha value is -10.4. The summed E-state index contributed by atoms with van der Waals surface area (Å²) >= 11 is 0. The van der Waals surface area contributed by atoms with Gasteiger partial charge >= 0.3 is 0 Å². The van der Waals surface area contributed by atoms with Crippen molar-refractivity contribution in [1.82, 2.24) is 18.3 Å². The van der Waals surface area contributed by atoms with E-state index in [-0.39, 0.29) is 0 Å². The normalized spacial score (nSPS) is 11.9. The minimum atomic E-state index is 0.881. The second kappa shape index (κ2) is 17.1. The molecule has 3 heterocycles. The fraction of sp³-hybridized carbons (Fsp3) is 0. The first kappa shape index (κ1) is 43.1. The molecule has 0 radical (unpaired) electrons. The average molecular weight is 983 g/mol. The van der Waals surface area contributed by atoms with Gasteiger partial charge in [0.2, 0.25) is 0 Å². The molecular formula is C72H46N4O. The third-order valence-electron chi connectivity index (χ3n) is 15.8. The van der Waals surface area contributed by atoms with Crippen LogP contribution < -0.4 is 0 Å². The molecule has 5 nitrogen and oxygen atoms in total. The van der Waals surface area contributed by atoms with E-state index in [2.05, 4.69) is 291 Å². The van der Waals surface area contributed by atoms with Crippen molar-refractivity contribution < 1.29 is 4.42 Å². The zero-order chi connectivity index (χ0) is 50.6. The number of nitrogens with zero attached hydrogens (tertiary/aromatic N) is 4. The molecule has 0 saturated carbocycles. The van der Waals surface area contributed by atoms with E-state index in [1.54, 1.807) is 0 Å². The molecule has 16 rings (SSSR count). The van der Waals surface area contributed by atoms with E-state index in [9.17, 15) is 0 Å². The fourth-order valence-corrected chi connectivity index (χ4v) is 12.5. The summed E-state index contributed by atoms with van der Waals surface area (Å²) in [7, 11) is 0. The zero-order valence-corrected chi connectivity index (χ0v) is 41.8. The molecule has 0 spiro atoms. The lowest BCUT2D eigenvalue weighted by Gasteiger charge is -2.24. The van der Waals surface area contributed by atoms with E-state index >= 15 is 0 Å². The molecule has 0 atom stereocenters. The Morgan fingerprint density at radius 1 is 0.208 bits per heavy atom. The van der Waals surface area contributed by atoms with E-state index in [1.165, 1.54) is 0 Å². The summed E-state index contributed by atoms with van der Waals surface area (Å²) in [4.78, 5) is 0. The fourth-order valence-electron chi connectivity index (χ4n) is 12.5. The van der Waals surface area contributed by atoms with Crippen LogP contribution in [0, 0.1) is 0 Å². The molecule has 0 unspecified atom stereocenters. The Kier molecular flexibility index (Phi) is 9.57. The van der Waals surface area contributed by atoms with E-state index in [4.69, 9.17) is 4.42 Å². The maximum absolute atomic E-state index is 6.79. The Balaban J connectivity index is 1.17. The molecule has 0 amide bonds. The van der Waals surface area contributed by atoms with Gasteiger partial charge in [-0.3, -0.25) is 0 Å². The summed E-state index contributed by atoms with van der Waals surface area (Å²) in [6, 6.07) is 102. The van der Waals surface area contributed by atoms with Crippen LogP contribution in [0.3, 0.4) is 0 Å². The molecule has 0 bridgehead atoms. The highest BCUT2D eigenvalue weighted by Crippen LogP contribution is 2.44. The average Bonchev–Trinajstić information content (AvgIpc) is 3.98. The summed E-state index contributed by atoms with van der Waals surface area (Å²) in [5, 5.41) is 11.4. The first-order valence-corrected chi connectivity index (χ1v) is 26.3. The Morgan fingerprint density at radius 2 is 0.532 bits per heavy atom. The summed E-state index contributed by atoms with van der Waals surface area (Å²) in [6.07, 6.45) is 0. The third kappa shape index (κ3) is 6.60. The zero-order valence-electron chi connectivity index (χ0n) is 41.8. The topological polar surface area (TPSA) is 32.9 Å². The van der Waals surface area contributed by atoms with E-state index < -0.39 is 0 Å². The number of fused-ring (bicyclic) bond motifs is 15. The quantitative estimate of drug-likeness (QED) is 0.158. The van der Waals surface area contributed by atoms with Crippen molar-refractivity contribution in [2.75, 3.05) is 0 Å². The molecular weight excluding hydrogens is 937 g/mol. The van der Waals surface area contributed by atoms with Crippen molar-refractivity contribution in [2.24, 2.45) is 0 Å². The third-order valence-corrected chi connectivity index (χ3v) is 15.8. The van der Waals surface area contributed by atoms with Crippen LogP contribution in [0.15, 0.2) is 283 Å². The van der Waals surface area contributed by atoms with Crippen LogP contribution in [0.2, 0.25) is 0 Å². The van der Waals surface area contributed by atoms with Crippen molar-refractivity contribution in [1.29, 1.82) is 0 Å². The van der Waals surface area contributed by atoms with Crippen LogP contribution >= 0.6 is 0 Å². The van der Waals surface area contributed by atoms with Crippen LogP contribution in [0.1, 0.15) is 0 Å². The number of furan rings is 1. The smallest absolute Gasteiger partial charge is 0.143 e. The van der Waals surface area contributed by atoms with E-state index in [0.29, 0.717) is 0 Å². The van der Waals surface area contributed by atoms with Crippen molar-refractivity contribution in [3.8, 4) is 33.9 Å². The van der Waals surface area contributed by atoms with E-state index in [1.807, 2.05) is 6.07 Å². The molecule has 0 aliphatic rings. The second-order valence-electron chi connectivity index (χ2n) is 20.0.